The van der Waals surface area contributed by atoms with Gasteiger partial charge in [-0.25, -0.2) is 4.90 Å². The quantitative estimate of drug-likeness (QED) is 0.355. The van der Waals surface area contributed by atoms with Crippen molar-refractivity contribution in [3.05, 3.63) is 99.0 Å². The Kier molecular flexibility index (Phi) is 4.93. The molecule has 3 aromatic rings. The standard InChI is InChI=1S/C26H17BrClN3O3/c27-16-5-3-6-18(12-16)30-25(33)20-21(26(30)34)23(24(32)14-8-10-17(28)11-9-14)31-22(20)19-7-2-1-4-15(19)13-29-31/h1-13,20-23H/t20-,21+,22+,23-/m1/s1. The maximum absolute atomic E-state index is 13.8. The molecule has 3 aromatic carbocycles. The molecule has 8 heteroatoms. The second-order valence-corrected chi connectivity index (χ2v) is 9.91. The van der Waals surface area contributed by atoms with E-state index in [2.05, 4.69) is 21.0 Å². The number of nitrogens with zero attached hydrogens (tertiary/aromatic N) is 3. The fraction of sp³-hybridized carbons (Fsp3) is 0.154. The van der Waals surface area contributed by atoms with Crippen molar-refractivity contribution in [3.8, 4) is 0 Å². The Labute approximate surface area is 208 Å². The van der Waals surface area contributed by atoms with Crippen LogP contribution in [0.3, 0.4) is 0 Å². The number of hydrogen-bond acceptors (Lipinski definition) is 5. The lowest BCUT2D eigenvalue weighted by molar-refractivity contribution is -0.124. The molecule has 3 aliphatic heterocycles. The molecule has 0 N–H and O–H groups in total. The summed E-state index contributed by atoms with van der Waals surface area (Å²) in [5, 5.41) is 6.74. The molecule has 6 nitrogen and oxygen atoms in total. The molecular formula is C26H17BrClN3O3. The molecule has 0 bridgehead atoms. The number of fused-ring (bicyclic) bond motifs is 5. The first-order valence-electron chi connectivity index (χ1n) is 10.8. The SMILES string of the molecule is O=C(c1ccc(Cl)cc1)[C@H]1[C@H]2C(=O)N(c3cccc(Br)c3)C(=O)[C@H]2[C@@H]2c3ccccc3C=NN12. The molecule has 6 rings (SSSR count). The number of anilines is 1. The summed E-state index contributed by atoms with van der Waals surface area (Å²) in [6.45, 7) is 0. The molecule has 168 valence electrons. The van der Waals surface area contributed by atoms with Crippen LogP contribution >= 0.6 is 27.5 Å². The predicted octanol–water partition coefficient (Wildman–Crippen LogP) is 4.86. The Morgan fingerprint density at radius 1 is 0.912 bits per heavy atom. The van der Waals surface area contributed by atoms with Gasteiger partial charge in [0.05, 0.1) is 29.8 Å². The third kappa shape index (κ3) is 3.07. The number of Topliss-reactive ketones (excluding diaryl/α,β-unsaturated/α-hetero) is 1. The molecule has 2 fully saturated rings. The number of carbonyl (C=O) groups is 3. The molecule has 2 amide bonds. The molecule has 0 radical (unpaired) electrons. The zero-order valence-corrected chi connectivity index (χ0v) is 20.0. The summed E-state index contributed by atoms with van der Waals surface area (Å²) in [4.78, 5) is 42.6. The van der Waals surface area contributed by atoms with Gasteiger partial charge in [0.1, 0.15) is 6.04 Å². The van der Waals surface area contributed by atoms with Crippen molar-refractivity contribution in [3.63, 3.8) is 0 Å². The van der Waals surface area contributed by atoms with Crippen LogP contribution in [-0.4, -0.2) is 34.9 Å². The zero-order chi connectivity index (χ0) is 23.6. The van der Waals surface area contributed by atoms with Crippen LogP contribution in [0.2, 0.25) is 5.02 Å². The van der Waals surface area contributed by atoms with Crippen molar-refractivity contribution < 1.29 is 14.4 Å². The molecule has 34 heavy (non-hydrogen) atoms. The number of benzene rings is 3. The molecule has 0 spiro atoms. The normalized spacial score (nSPS) is 24.8. The van der Waals surface area contributed by atoms with Gasteiger partial charge in [0.15, 0.2) is 5.78 Å². The van der Waals surface area contributed by atoms with Crippen molar-refractivity contribution in [2.24, 2.45) is 16.9 Å². The van der Waals surface area contributed by atoms with Crippen LogP contribution in [0.1, 0.15) is 27.5 Å². The van der Waals surface area contributed by atoms with E-state index in [1.165, 1.54) is 4.90 Å². The van der Waals surface area contributed by atoms with Gasteiger partial charge in [0.2, 0.25) is 11.8 Å². The van der Waals surface area contributed by atoms with Crippen LogP contribution in [0.5, 0.6) is 0 Å². The van der Waals surface area contributed by atoms with Crippen molar-refractivity contribution in [2.45, 2.75) is 12.1 Å². The summed E-state index contributed by atoms with van der Waals surface area (Å²) in [7, 11) is 0. The highest BCUT2D eigenvalue weighted by molar-refractivity contribution is 9.10. The summed E-state index contributed by atoms with van der Waals surface area (Å²) >= 11 is 9.44. The summed E-state index contributed by atoms with van der Waals surface area (Å²) in [5.41, 5.74) is 2.67. The summed E-state index contributed by atoms with van der Waals surface area (Å²) in [5.74, 6) is -2.55. The highest BCUT2D eigenvalue weighted by atomic mass is 79.9. The van der Waals surface area contributed by atoms with Gasteiger partial charge in [-0.15, -0.1) is 0 Å². The minimum Gasteiger partial charge on any atom is -0.292 e. The Morgan fingerprint density at radius 2 is 1.65 bits per heavy atom. The number of halogens is 2. The van der Waals surface area contributed by atoms with E-state index in [0.29, 0.717) is 16.3 Å². The average molecular weight is 535 g/mol. The van der Waals surface area contributed by atoms with E-state index < -0.39 is 23.9 Å². The monoisotopic (exact) mass is 533 g/mol. The van der Waals surface area contributed by atoms with Crippen LogP contribution in [0, 0.1) is 11.8 Å². The van der Waals surface area contributed by atoms with E-state index in [0.717, 1.165) is 15.6 Å². The molecule has 0 unspecified atom stereocenters. The number of hydrazone groups is 1. The molecule has 3 aliphatic rings. The van der Waals surface area contributed by atoms with Crippen LogP contribution in [0.25, 0.3) is 0 Å². The molecule has 0 saturated carbocycles. The van der Waals surface area contributed by atoms with Crippen molar-refractivity contribution >= 4 is 57.0 Å². The maximum atomic E-state index is 13.8. The van der Waals surface area contributed by atoms with Crippen molar-refractivity contribution in [2.75, 3.05) is 4.90 Å². The predicted molar refractivity (Wildman–Crippen MR) is 132 cm³/mol. The smallest absolute Gasteiger partial charge is 0.240 e. The number of hydrogen-bond donors (Lipinski definition) is 0. The number of ketones is 1. The Morgan fingerprint density at radius 3 is 2.41 bits per heavy atom. The van der Waals surface area contributed by atoms with E-state index >= 15 is 0 Å². The van der Waals surface area contributed by atoms with Crippen molar-refractivity contribution in [1.29, 1.82) is 0 Å². The van der Waals surface area contributed by atoms with E-state index in [4.69, 9.17) is 11.6 Å². The minimum atomic E-state index is -0.908. The highest BCUT2D eigenvalue weighted by Gasteiger charge is 2.65. The number of carbonyl (C=O) groups excluding carboxylic acids is 3. The largest absolute Gasteiger partial charge is 0.292 e. The van der Waals surface area contributed by atoms with Gasteiger partial charge in [-0.2, -0.15) is 5.10 Å². The molecular weight excluding hydrogens is 518 g/mol. The first kappa shape index (κ1) is 21.3. The van der Waals surface area contributed by atoms with Gasteiger partial charge >= 0.3 is 0 Å². The van der Waals surface area contributed by atoms with E-state index in [-0.39, 0.29) is 17.6 Å². The Hall–Kier alpha value is -3.29. The number of amides is 2. The Balaban J connectivity index is 1.50. The lowest BCUT2D eigenvalue weighted by atomic mass is 9.83. The van der Waals surface area contributed by atoms with Gasteiger partial charge < -0.3 is 0 Å². The Bertz CT molecular complexity index is 1390. The second-order valence-electron chi connectivity index (χ2n) is 8.56. The van der Waals surface area contributed by atoms with E-state index in [1.54, 1.807) is 53.7 Å². The van der Waals surface area contributed by atoms with Gasteiger partial charge in [-0.05, 0) is 53.6 Å². The van der Waals surface area contributed by atoms with E-state index in [1.807, 2.05) is 30.3 Å². The van der Waals surface area contributed by atoms with E-state index in [9.17, 15) is 14.4 Å². The molecule has 4 atom stereocenters. The number of rotatable bonds is 3. The first-order valence-corrected chi connectivity index (χ1v) is 12.0. The summed E-state index contributed by atoms with van der Waals surface area (Å²) in [6, 6.07) is 19.9. The zero-order valence-electron chi connectivity index (χ0n) is 17.6. The van der Waals surface area contributed by atoms with Crippen LogP contribution < -0.4 is 4.90 Å². The lowest BCUT2D eigenvalue weighted by Gasteiger charge is -2.33. The van der Waals surface area contributed by atoms with Crippen LogP contribution in [0.4, 0.5) is 5.69 Å². The summed E-state index contributed by atoms with van der Waals surface area (Å²) < 4.78 is 0.755. The topological polar surface area (TPSA) is 70.0 Å². The fourth-order valence-corrected chi connectivity index (χ4v) is 5.84. The van der Waals surface area contributed by atoms with Gasteiger partial charge in [-0.3, -0.25) is 19.4 Å². The van der Waals surface area contributed by atoms with Crippen LogP contribution in [-0.2, 0) is 9.59 Å². The fourth-order valence-electron chi connectivity index (χ4n) is 5.32. The molecule has 2 saturated heterocycles. The second kappa shape index (κ2) is 7.89. The average Bonchev–Trinajstić information content (AvgIpc) is 3.31. The first-order chi connectivity index (χ1) is 16.5. The third-order valence-electron chi connectivity index (χ3n) is 6.76. The van der Waals surface area contributed by atoms with Gasteiger partial charge in [0.25, 0.3) is 0 Å². The van der Waals surface area contributed by atoms with Crippen LogP contribution in [0.15, 0.2) is 82.4 Å². The van der Waals surface area contributed by atoms with Gasteiger partial charge in [0, 0.05) is 15.1 Å². The maximum Gasteiger partial charge on any atom is 0.240 e. The number of imide groups is 1. The molecule has 0 aromatic heterocycles. The lowest BCUT2D eigenvalue weighted by Crippen LogP contribution is -2.44. The molecule has 0 aliphatic carbocycles. The summed E-state index contributed by atoms with van der Waals surface area (Å²) in [6.07, 6.45) is 1.69. The third-order valence-corrected chi connectivity index (χ3v) is 7.50. The van der Waals surface area contributed by atoms with Crippen molar-refractivity contribution in [1.82, 2.24) is 5.01 Å². The molecule has 3 heterocycles. The van der Waals surface area contributed by atoms with Gasteiger partial charge in [-0.1, -0.05) is 57.9 Å². The highest BCUT2D eigenvalue weighted by Crippen LogP contribution is 2.53. The minimum absolute atomic E-state index is 0.261.